The number of amides is 2. The van der Waals surface area contributed by atoms with Gasteiger partial charge in [-0.2, -0.15) is 5.10 Å². The summed E-state index contributed by atoms with van der Waals surface area (Å²) in [6, 6.07) is 3.83. The number of halogens is 2. The number of nitrogens with zero attached hydrogens (tertiary/aromatic N) is 2. The zero-order valence-corrected chi connectivity index (χ0v) is 16.7. The third-order valence-corrected chi connectivity index (χ3v) is 7.09. The molecule has 1 saturated heterocycles. The molecule has 1 aromatic heterocycles. The first-order chi connectivity index (χ1) is 13.7. The molecule has 0 bridgehead atoms. The summed E-state index contributed by atoms with van der Waals surface area (Å²) in [6.45, 7) is 1.66. The SMILES string of the molecule is C[C@@H](NC(=O)Nc1cc(C2CC2)nn1[C@H]1CCS(=O)(=O)C1)c1ccc(F)c(F)c1. The molecule has 2 fully saturated rings. The summed E-state index contributed by atoms with van der Waals surface area (Å²) in [6.07, 6.45) is 2.51. The van der Waals surface area contributed by atoms with Crippen molar-refractivity contribution >= 4 is 21.7 Å². The summed E-state index contributed by atoms with van der Waals surface area (Å²) in [4.78, 5) is 12.5. The highest BCUT2D eigenvalue weighted by molar-refractivity contribution is 7.91. The van der Waals surface area contributed by atoms with Crippen molar-refractivity contribution < 1.29 is 22.0 Å². The van der Waals surface area contributed by atoms with Gasteiger partial charge in [-0.25, -0.2) is 26.7 Å². The molecule has 0 unspecified atom stereocenters. The maximum Gasteiger partial charge on any atom is 0.320 e. The van der Waals surface area contributed by atoms with E-state index in [1.165, 1.54) is 6.07 Å². The molecule has 2 N–H and O–H groups in total. The van der Waals surface area contributed by atoms with Crippen molar-refractivity contribution in [2.24, 2.45) is 0 Å². The Morgan fingerprint density at radius 2 is 1.97 bits per heavy atom. The van der Waals surface area contributed by atoms with E-state index in [4.69, 9.17) is 0 Å². The molecular weight excluding hydrogens is 402 g/mol. The minimum atomic E-state index is -3.10. The summed E-state index contributed by atoms with van der Waals surface area (Å²) >= 11 is 0. The van der Waals surface area contributed by atoms with Gasteiger partial charge in [0.25, 0.3) is 0 Å². The van der Waals surface area contributed by atoms with Gasteiger partial charge in [0.1, 0.15) is 5.82 Å². The molecule has 0 spiro atoms. The molecule has 1 saturated carbocycles. The predicted octanol–water partition coefficient (Wildman–Crippen LogP) is 3.28. The van der Waals surface area contributed by atoms with Crippen LogP contribution in [0.1, 0.15) is 55.4 Å². The van der Waals surface area contributed by atoms with Crippen LogP contribution in [0, 0.1) is 11.6 Å². The number of anilines is 1. The van der Waals surface area contributed by atoms with E-state index in [2.05, 4.69) is 15.7 Å². The van der Waals surface area contributed by atoms with Crippen LogP contribution in [0.25, 0.3) is 0 Å². The number of aromatic nitrogens is 2. The molecule has 1 aliphatic heterocycles. The van der Waals surface area contributed by atoms with Gasteiger partial charge in [-0.05, 0) is 43.9 Å². The minimum absolute atomic E-state index is 0.000342. The Labute approximate surface area is 167 Å². The predicted molar refractivity (Wildman–Crippen MR) is 103 cm³/mol. The van der Waals surface area contributed by atoms with E-state index in [1.807, 2.05) is 0 Å². The Hall–Kier alpha value is -2.49. The second-order valence-electron chi connectivity index (χ2n) is 7.72. The highest BCUT2D eigenvalue weighted by Gasteiger charge is 2.34. The zero-order valence-electron chi connectivity index (χ0n) is 15.9. The molecule has 156 valence electrons. The number of carbonyl (C=O) groups is 1. The van der Waals surface area contributed by atoms with Gasteiger partial charge in [0.15, 0.2) is 21.5 Å². The fraction of sp³-hybridized carbons (Fsp3) is 0.474. The highest BCUT2D eigenvalue weighted by atomic mass is 32.2. The summed E-state index contributed by atoms with van der Waals surface area (Å²) in [5.74, 6) is -1.04. The van der Waals surface area contributed by atoms with Crippen molar-refractivity contribution in [1.82, 2.24) is 15.1 Å². The number of nitrogens with one attached hydrogen (secondary N) is 2. The van der Waals surface area contributed by atoms with E-state index in [9.17, 15) is 22.0 Å². The first-order valence-corrected chi connectivity index (χ1v) is 11.4. The van der Waals surface area contributed by atoms with Crippen LogP contribution in [0.5, 0.6) is 0 Å². The van der Waals surface area contributed by atoms with E-state index >= 15 is 0 Å². The van der Waals surface area contributed by atoms with Gasteiger partial charge in [0, 0.05) is 12.0 Å². The monoisotopic (exact) mass is 424 g/mol. The first kappa shape index (κ1) is 19.8. The van der Waals surface area contributed by atoms with Crippen LogP contribution in [0.15, 0.2) is 24.3 Å². The standard InChI is InChI=1S/C19H22F2N4O3S/c1-11(13-4-5-15(20)16(21)8-13)22-19(26)23-18-9-17(12-2-3-12)24-25(18)14-6-7-29(27,28)10-14/h4-5,8-9,11-12,14H,2-3,6-7,10H2,1H3,(H2,22,23,26)/t11-,14+/m1/s1. The van der Waals surface area contributed by atoms with Gasteiger partial charge in [0.05, 0.1) is 29.3 Å². The smallest absolute Gasteiger partial charge is 0.320 e. The normalized spacial score (nSPS) is 21.7. The Morgan fingerprint density at radius 3 is 2.59 bits per heavy atom. The quantitative estimate of drug-likeness (QED) is 0.770. The molecule has 2 heterocycles. The third kappa shape index (κ3) is 4.42. The average molecular weight is 424 g/mol. The Morgan fingerprint density at radius 1 is 1.21 bits per heavy atom. The van der Waals surface area contributed by atoms with Crippen LogP contribution in [-0.4, -0.2) is 35.7 Å². The number of urea groups is 1. The van der Waals surface area contributed by atoms with Crippen LogP contribution in [0.2, 0.25) is 0 Å². The average Bonchev–Trinajstić information content (AvgIpc) is 3.32. The van der Waals surface area contributed by atoms with Gasteiger partial charge >= 0.3 is 6.03 Å². The lowest BCUT2D eigenvalue weighted by molar-refractivity contribution is 0.249. The van der Waals surface area contributed by atoms with Crippen LogP contribution >= 0.6 is 0 Å². The number of benzene rings is 1. The van der Waals surface area contributed by atoms with Crippen molar-refractivity contribution in [3.8, 4) is 0 Å². The lowest BCUT2D eigenvalue weighted by Gasteiger charge is -2.17. The molecule has 4 rings (SSSR count). The molecule has 2 amide bonds. The van der Waals surface area contributed by atoms with E-state index in [-0.39, 0.29) is 17.5 Å². The Balaban J connectivity index is 1.49. The molecule has 1 aromatic carbocycles. The number of carbonyl (C=O) groups excluding carboxylic acids is 1. The van der Waals surface area contributed by atoms with Gasteiger partial charge in [-0.1, -0.05) is 6.07 Å². The largest absolute Gasteiger partial charge is 0.331 e. The second kappa shape index (κ2) is 7.40. The maximum atomic E-state index is 13.4. The van der Waals surface area contributed by atoms with E-state index in [0.29, 0.717) is 23.7 Å². The minimum Gasteiger partial charge on any atom is -0.331 e. The Kier molecular flexibility index (Phi) is 5.05. The molecular formula is C19H22F2N4O3S. The number of hydrogen-bond donors (Lipinski definition) is 2. The number of rotatable bonds is 5. The summed E-state index contributed by atoms with van der Waals surface area (Å²) < 4.78 is 51.8. The molecule has 7 nitrogen and oxygen atoms in total. The lowest BCUT2D eigenvalue weighted by atomic mass is 10.1. The van der Waals surface area contributed by atoms with Gasteiger partial charge < -0.3 is 5.32 Å². The van der Waals surface area contributed by atoms with E-state index in [0.717, 1.165) is 30.7 Å². The van der Waals surface area contributed by atoms with Crippen molar-refractivity contribution in [1.29, 1.82) is 0 Å². The van der Waals surface area contributed by atoms with E-state index in [1.54, 1.807) is 17.7 Å². The van der Waals surface area contributed by atoms with Crippen LogP contribution < -0.4 is 10.6 Å². The molecule has 1 aliphatic carbocycles. The van der Waals surface area contributed by atoms with Crippen LogP contribution in [-0.2, 0) is 9.84 Å². The zero-order chi connectivity index (χ0) is 20.8. The highest BCUT2D eigenvalue weighted by Crippen LogP contribution is 2.41. The second-order valence-corrected chi connectivity index (χ2v) is 9.95. The maximum absolute atomic E-state index is 13.4. The Bertz CT molecular complexity index is 1050. The van der Waals surface area contributed by atoms with Gasteiger partial charge in [0.2, 0.25) is 0 Å². The fourth-order valence-electron chi connectivity index (χ4n) is 3.55. The summed E-state index contributed by atoms with van der Waals surface area (Å²) in [7, 11) is -3.10. The lowest BCUT2D eigenvalue weighted by Crippen LogP contribution is -2.32. The molecule has 10 heteroatoms. The van der Waals surface area contributed by atoms with Crippen LogP contribution in [0.4, 0.5) is 19.4 Å². The third-order valence-electron chi connectivity index (χ3n) is 5.34. The molecule has 0 radical (unpaired) electrons. The van der Waals surface area contributed by atoms with Crippen molar-refractivity contribution in [3.05, 3.63) is 47.2 Å². The number of hydrogen-bond acceptors (Lipinski definition) is 4. The van der Waals surface area contributed by atoms with Crippen molar-refractivity contribution in [2.45, 2.75) is 44.2 Å². The summed E-state index contributed by atoms with van der Waals surface area (Å²) in [5.41, 5.74) is 1.27. The van der Waals surface area contributed by atoms with Crippen LogP contribution in [0.3, 0.4) is 0 Å². The van der Waals surface area contributed by atoms with Crippen molar-refractivity contribution in [3.63, 3.8) is 0 Å². The summed E-state index contributed by atoms with van der Waals surface area (Å²) in [5, 5.41) is 9.96. The molecule has 29 heavy (non-hydrogen) atoms. The van der Waals surface area contributed by atoms with Gasteiger partial charge in [-0.15, -0.1) is 0 Å². The topological polar surface area (TPSA) is 93.1 Å². The molecule has 2 atom stereocenters. The first-order valence-electron chi connectivity index (χ1n) is 9.54. The fourth-order valence-corrected chi connectivity index (χ4v) is 5.24. The number of sulfone groups is 1. The molecule has 2 aromatic rings. The molecule has 2 aliphatic rings. The van der Waals surface area contributed by atoms with Crippen molar-refractivity contribution in [2.75, 3.05) is 16.8 Å². The van der Waals surface area contributed by atoms with E-state index < -0.39 is 33.5 Å². The van der Waals surface area contributed by atoms with Gasteiger partial charge in [-0.3, -0.25) is 5.32 Å².